The van der Waals surface area contributed by atoms with Crippen molar-refractivity contribution in [3.05, 3.63) is 93.7 Å². The Morgan fingerprint density at radius 3 is 2.52 bits per heavy atom. The van der Waals surface area contributed by atoms with Crippen LogP contribution in [0.15, 0.2) is 65.5 Å². The number of aryl methyl sites for hydroxylation is 1. The molecule has 0 fully saturated rings. The van der Waals surface area contributed by atoms with Crippen molar-refractivity contribution in [2.75, 3.05) is 20.3 Å². The summed E-state index contributed by atoms with van der Waals surface area (Å²) < 4.78 is 19.9. The SMILES string of the molecule is COCCN(Cc1ccc(F)cc1)Cc1cc(=O)n2[nH]c(-c3ccc(C)cc3)cc2n1. The molecular weight excluding hydrogens is 395 g/mol. The quantitative estimate of drug-likeness (QED) is 0.471. The normalized spacial score (nSPS) is 11.5. The third-order valence-electron chi connectivity index (χ3n) is 5.18. The van der Waals surface area contributed by atoms with Crippen molar-refractivity contribution >= 4 is 5.65 Å². The number of methoxy groups -OCH3 is 1. The first-order valence-electron chi connectivity index (χ1n) is 10.2. The summed E-state index contributed by atoms with van der Waals surface area (Å²) in [5.41, 5.74) is 5.09. The molecule has 1 N–H and O–H groups in total. The number of halogens is 1. The van der Waals surface area contributed by atoms with Gasteiger partial charge in [-0.05, 0) is 30.2 Å². The van der Waals surface area contributed by atoms with Crippen LogP contribution in [0.1, 0.15) is 16.8 Å². The van der Waals surface area contributed by atoms with Gasteiger partial charge in [-0.25, -0.2) is 13.9 Å². The molecule has 0 saturated carbocycles. The maximum atomic E-state index is 13.2. The van der Waals surface area contributed by atoms with Crippen LogP contribution in [0, 0.1) is 12.7 Å². The second-order valence-corrected chi connectivity index (χ2v) is 7.65. The summed E-state index contributed by atoms with van der Waals surface area (Å²) in [6.45, 7) is 4.33. The number of H-pyrrole nitrogens is 1. The molecule has 7 heteroatoms. The zero-order valence-corrected chi connectivity index (χ0v) is 17.6. The van der Waals surface area contributed by atoms with Gasteiger partial charge in [0.2, 0.25) is 0 Å². The van der Waals surface area contributed by atoms with Crippen LogP contribution in [0.2, 0.25) is 0 Å². The van der Waals surface area contributed by atoms with Crippen LogP contribution in [-0.4, -0.2) is 39.8 Å². The van der Waals surface area contributed by atoms with Gasteiger partial charge in [-0.15, -0.1) is 0 Å². The van der Waals surface area contributed by atoms with Crippen molar-refractivity contribution in [2.45, 2.75) is 20.0 Å². The van der Waals surface area contributed by atoms with Gasteiger partial charge in [-0.2, -0.15) is 0 Å². The van der Waals surface area contributed by atoms with E-state index in [0.29, 0.717) is 37.6 Å². The average molecular weight is 420 g/mol. The lowest BCUT2D eigenvalue weighted by Crippen LogP contribution is -2.28. The van der Waals surface area contributed by atoms with Crippen LogP contribution in [0.5, 0.6) is 0 Å². The maximum Gasteiger partial charge on any atom is 0.272 e. The molecule has 0 amide bonds. The number of rotatable bonds is 8. The third kappa shape index (κ3) is 5.07. The Bertz CT molecular complexity index is 1210. The number of ether oxygens (including phenoxy) is 1. The minimum absolute atomic E-state index is 0.160. The minimum Gasteiger partial charge on any atom is -0.383 e. The van der Waals surface area contributed by atoms with Crippen LogP contribution < -0.4 is 5.56 Å². The van der Waals surface area contributed by atoms with Crippen LogP contribution in [0.4, 0.5) is 4.39 Å². The summed E-state index contributed by atoms with van der Waals surface area (Å²) in [6.07, 6.45) is 0. The summed E-state index contributed by atoms with van der Waals surface area (Å²) in [6, 6.07) is 18.0. The van der Waals surface area contributed by atoms with E-state index in [0.717, 1.165) is 16.8 Å². The number of hydrogen-bond donors (Lipinski definition) is 1. The van der Waals surface area contributed by atoms with Gasteiger partial charge in [0, 0.05) is 38.9 Å². The Balaban J connectivity index is 1.59. The summed E-state index contributed by atoms with van der Waals surface area (Å²) in [7, 11) is 1.65. The largest absolute Gasteiger partial charge is 0.383 e. The molecular formula is C24H25FN4O2. The van der Waals surface area contributed by atoms with E-state index in [1.165, 1.54) is 22.2 Å². The number of nitrogens with zero attached hydrogens (tertiary/aromatic N) is 3. The third-order valence-corrected chi connectivity index (χ3v) is 5.18. The van der Waals surface area contributed by atoms with Crippen LogP contribution >= 0.6 is 0 Å². The van der Waals surface area contributed by atoms with Crippen molar-refractivity contribution in [3.8, 4) is 11.3 Å². The maximum absolute atomic E-state index is 13.2. The molecule has 6 nitrogen and oxygen atoms in total. The monoisotopic (exact) mass is 420 g/mol. The van der Waals surface area contributed by atoms with Gasteiger partial charge in [0.05, 0.1) is 18.0 Å². The molecule has 0 aliphatic heterocycles. The van der Waals surface area contributed by atoms with Gasteiger partial charge in [0.15, 0.2) is 5.65 Å². The molecule has 2 heterocycles. The molecule has 31 heavy (non-hydrogen) atoms. The molecule has 0 radical (unpaired) electrons. The van der Waals surface area contributed by atoms with Crippen molar-refractivity contribution in [1.82, 2.24) is 19.5 Å². The first kappa shape index (κ1) is 21.0. The molecule has 0 bridgehead atoms. The van der Waals surface area contributed by atoms with Crippen LogP contribution in [0.25, 0.3) is 16.9 Å². The Morgan fingerprint density at radius 1 is 1.06 bits per heavy atom. The van der Waals surface area contributed by atoms with Gasteiger partial charge in [0.1, 0.15) is 5.82 Å². The zero-order chi connectivity index (χ0) is 21.8. The van der Waals surface area contributed by atoms with Gasteiger partial charge in [0.25, 0.3) is 5.56 Å². The van der Waals surface area contributed by atoms with Crippen LogP contribution in [0.3, 0.4) is 0 Å². The van der Waals surface area contributed by atoms with E-state index in [9.17, 15) is 9.18 Å². The smallest absolute Gasteiger partial charge is 0.272 e. The lowest BCUT2D eigenvalue weighted by atomic mass is 10.1. The highest BCUT2D eigenvalue weighted by Gasteiger charge is 2.12. The molecule has 0 aliphatic rings. The van der Waals surface area contributed by atoms with Crippen LogP contribution in [-0.2, 0) is 17.8 Å². The van der Waals surface area contributed by atoms with Gasteiger partial charge in [-0.1, -0.05) is 42.0 Å². The van der Waals surface area contributed by atoms with Crippen molar-refractivity contribution in [2.24, 2.45) is 0 Å². The summed E-state index contributed by atoms with van der Waals surface area (Å²) in [4.78, 5) is 19.5. The molecule has 0 atom stereocenters. The summed E-state index contributed by atoms with van der Waals surface area (Å²) in [5.74, 6) is -0.260. The van der Waals surface area contributed by atoms with Gasteiger partial charge < -0.3 is 4.74 Å². The Labute approximate surface area is 179 Å². The molecule has 0 spiro atoms. The molecule has 160 valence electrons. The Kier molecular flexibility index (Phi) is 6.25. The molecule has 0 saturated heterocycles. The average Bonchev–Trinajstić information content (AvgIpc) is 3.19. The van der Waals surface area contributed by atoms with Gasteiger partial charge >= 0.3 is 0 Å². The van der Waals surface area contributed by atoms with E-state index in [-0.39, 0.29) is 11.4 Å². The molecule has 4 rings (SSSR count). The van der Waals surface area contributed by atoms with Gasteiger partial charge in [-0.3, -0.25) is 14.8 Å². The van der Waals surface area contributed by atoms with E-state index in [4.69, 9.17) is 9.72 Å². The number of benzene rings is 2. The van der Waals surface area contributed by atoms with E-state index < -0.39 is 0 Å². The predicted octanol–water partition coefficient (Wildman–Crippen LogP) is 3.79. The topological polar surface area (TPSA) is 62.6 Å². The Hall–Kier alpha value is -3.29. The number of fused-ring (bicyclic) bond motifs is 1. The van der Waals surface area contributed by atoms with E-state index in [2.05, 4.69) is 10.00 Å². The summed E-state index contributed by atoms with van der Waals surface area (Å²) in [5, 5.41) is 3.13. The van der Waals surface area contributed by atoms with Crippen molar-refractivity contribution in [1.29, 1.82) is 0 Å². The first-order valence-corrected chi connectivity index (χ1v) is 10.2. The second-order valence-electron chi connectivity index (χ2n) is 7.65. The molecule has 2 aromatic heterocycles. The van der Waals surface area contributed by atoms with E-state index >= 15 is 0 Å². The van der Waals surface area contributed by atoms with E-state index in [1.54, 1.807) is 25.3 Å². The zero-order valence-electron chi connectivity index (χ0n) is 17.6. The fraction of sp³-hybridized carbons (Fsp3) is 0.250. The second kappa shape index (κ2) is 9.24. The molecule has 0 unspecified atom stereocenters. The number of aromatic nitrogens is 3. The highest BCUT2D eigenvalue weighted by atomic mass is 19.1. The molecule has 2 aromatic carbocycles. The lowest BCUT2D eigenvalue weighted by Gasteiger charge is -2.21. The highest BCUT2D eigenvalue weighted by Crippen LogP contribution is 2.19. The standard InChI is InChI=1S/C24H25FN4O2/c1-17-3-7-19(8-4-17)22-14-23-26-21(13-24(30)29(23)27-22)16-28(11-12-31-2)15-18-5-9-20(25)10-6-18/h3-10,13-14,27H,11-12,15-16H2,1-2H3. The fourth-order valence-corrected chi connectivity index (χ4v) is 3.51. The van der Waals surface area contributed by atoms with Crippen molar-refractivity contribution in [3.63, 3.8) is 0 Å². The van der Waals surface area contributed by atoms with E-state index in [1.807, 2.05) is 37.3 Å². The molecule has 0 aliphatic carbocycles. The number of aromatic amines is 1. The Morgan fingerprint density at radius 2 is 1.81 bits per heavy atom. The minimum atomic E-state index is -0.260. The first-order chi connectivity index (χ1) is 15.0. The molecule has 4 aromatic rings. The summed E-state index contributed by atoms with van der Waals surface area (Å²) >= 11 is 0. The number of hydrogen-bond acceptors (Lipinski definition) is 4. The predicted molar refractivity (Wildman–Crippen MR) is 118 cm³/mol. The highest BCUT2D eigenvalue weighted by molar-refractivity contribution is 5.64. The fourth-order valence-electron chi connectivity index (χ4n) is 3.51. The number of nitrogens with one attached hydrogen (secondary N) is 1. The van der Waals surface area contributed by atoms with Crippen molar-refractivity contribution < 1.29 is 9.13 Å². The lowest BCUT2D eigenvalue weighted by molar-refractivity contribution is 0.139.